The average Bonchev–Trinajstić information content (AvgIpc) is 2.91. The first kappa shape index (κ1) is 27.5. The van der Waals surface area contributed by atoms with Crippen molar-refractivity contribution >= 4 is 11.4 Å². The van der Waals surface area contributed by atoms with Crippen LogP contribution in [-0.4, -0.2) is 0 Å². The second-order valence-corrected chi connectivity index (χ2v) is 11.0. The Morgan fingerprint density at radius 3 is 1.42 bits per heavy atom. The molecule has 0 amide bonds. The lowest BCUT2D eigenvalue weighted by molar-refractivity contribution is 0.580. The summed E-state index contributed by atoms with van der Waals surface area (Å²) in [5.41, 5.74) is 24.3. The number of nitrogen functional groups attached to an aromatic ring is 2. The van der Waals surface area contributed by atoms with E-state index in [9.17, 15) is 0 Å². The smallest absolute Gasteiger partial charge is 0.0316 e. The molecule has 4 N–H and O–H groups in total. The zero-order valence-corrected chi connectivity index (χ0v) is 23.5. The number of hydrogen-bond acceptors (Lipinski definition) is 2. The van der Waals surface area contributed by atoms with Gasteiger partial charge in [-0.3, -0.25) is 0 Å². The summed E-state index contributed by atoms with van der Waals surface area (Å²) in [6.07, 6.45) is 9.60. The third kappa shape index (κ3) is 7.51. The summed E-state index contributed by atoms with van der Waals surface area (Å²) < 4.78 is 0. The third-order valence-corrected chi connectivity index (χ3v) is 7.88. The average molecular weight is 505 g/mol. The molecule has 0 atom stereocenters. The van der Waals surface area contributed by atoms with Crippen molar-refractivity contribution in [3.63, 3.8) is 0 Å². The summed E-state index contributed by atoms with van der Waals surface area (Å²) >= 11 is 0. The van der Waals surface area contributed by atoms with Crippen LogP contribution < -0.4 is 11.5 Å². The molecule has 0 radical (unpaired) electrons. The van der Waals surface area contributed by atoms with E-state index < -0.39 is 0 Å². The van der Waals surface area contributed by atoms with Crippen molar-refractivity contribution in [2.45, 2.75) is 78.1 Å². The first-order chi connectivity index (χ1) is 18.4. The lowest BCUT2D eigenvalue weighted by atomic mass is 9.85. The maximum atomic E-state index is 5.95. The Bertz CT molecular complexity index is 1210. The number of hydrogen-bond donors (Lipinski definition) is 2. The molecule has 198 valence electrons. The minimum Gasteiger partial charge on any atom is -0.399 e. The summed E-state index contributed by atoms with van der Waals surface area (Å²) in [4.78, 5) is 0. The topological polar surface area (TPSA) is 52.0 Å². The molecule has 0 aliphatic carbocycles. The molecule has 4 rings (SSSR count). The maximum absolute atomic E-state index is 5.95. The Balaban J connectivity index is 1.50. The van der Waals surface area contributed by atoms with E-state index in [1.165, 1.54) is 83.0 Å². The van der Waals surface area contributed by atoms with E-state index in [4.69, 9.17) is 11.5 Å². The molecule has 0 heterocycles. The Morgan fingerprint density at radius 1 is 0.553 bits per heavy atom. The Morgan fingerprint density at radius 2 is 1.00 bits per heavy atom. The summed E-state index contributed by atoms with van der Waals surface area (Å²) in [6.45, 7) is 6.57. The van der Waals surface area contributed by atoms with Gasteiger partial charge in [-0.2, -0.15) is 0 Å². The highest BCUT2D eigenvalue weighted by atomic mass is 14.5. The standard InChI is InChI=1S/C36H44N2/c1-4-5-6-7-8-9-36(30-14-10-28(11-15-30)24-32-18-20-34(37)22-26(32)2)31-16-12-29(13-17-31)25-33-19-21-35(38)23-27(33)3/h10-23,36H,4-9,24-25,37-38H2,1-3H3. The molecule has 2 nitrogen and oxygen atoms in total. The van der Waals surface area contributed by atoms with Gasteiger partial charge >= 0.3 is 0 Å². The van der Waals surface area contributed by atoms with E-state index in [0.29, 0.717) is 5.92 Å². The normalized spacial score (nSPS) is 11.3. The molecule has 4 aromatic rings. The van der Waals surface area contributed by atoms with Gasteiger partial charge in [0.25, 0.3) is 0 Å². The van der Waals surface area contributed by atoms with Gasteiger partial charge < -0.3 is 11.5 Å². The van der Waals surface area contributed by atoms with Gasteiger partial charge in [0.1, 0.15) is 0 Å². The van der Waals surface area contributed by atoms with Crippen LogP contribution in [0.25, 0.3) is 0 Å². The number of aryl methyl sites for hydroxylation is 2. The van der Waals surface area contributed by atoms with Gasteiger partial charge in [-0.05, 0) is 102 Å². The minimum atomic E-state index is 0.427. The molecule has 0 bridgehead atoms. The van der Waals surface area contributed by atoms with Crippen LogP contribution in [0.5, 0.6) is 0 Å². The van der Waals surface area contributed by atoms with Crippen molar-refractivity contribution in [3.05, 3.63) is 129 Å². The van der Waals surface area contributed by atoms with E-state index in [2.05, 4.69) is 93.6 Å². The molecule has 0 spiro atoms. The fraction of sp³-hybridized carbons (Fsp3) is 0.333. The van der Waals surface area contributed by atoms with E-state index in [1.54, 1.807) is 0 Å². The Hall–Kier alpha value is -3.52. The third-order valence-electron chi connectivity index (χ3n) is 7.88. The van der Waals surface area contributed by atoms with Crippen molar-refractivity contribution in [2.24, 2.45) is 0 Å². The number of nitrogens with two attached hydrogens (primary N) is 2. The van der Waals surface area contributed by atoms with Crippen molar-refractivity contribution in [1.82, 2.24) is 0 Å². The lowest BCUT2D eigenvalue weighted by Gasteiger charge is -2.19. The number of benzene rings is 4. The number of anilines is 2. The zero-order valence-electron chi connectivity index (χ0n) is 23.5. The van der Waals surface area contributed by atoms with Crippen molar-refractivity contribution in [1.29, 1.82) is 0 Å². The monoisotopic (exact) mass is 504 g/mol. The Labute approximate surface area is 230 Å². The summed E-state index contributed by atoms with van der Waals surface area (Å²) in [6, 6.07) is 31.1. The van der Waals surface area contributed by atoms with Crippen LogP contribution in [0.15, 0.2) is 84.9 Å². The highest BCUT2D eigenvalue weighted by Gasteiger charge is 2.15. The summed E-state index contributed by atoms with van der Waals surface area (Å²) in [7, 11) is 0. The molecule has 4 aromatic carbocycles. The van der Waals surface area contributed by atoms with E-state index in [-0.39, 0.29) is 0 Å². The maximum Gasteiger partial charge on any atom is 0.0316 e. The van der Waals surface area contributed by atoms with Gasteiger partial charge in [0.05, 0.1) is 0 Å². The molecule has 0 saturated carbocycles. The van der Waals surface area contributed by atoms with Crippen molar-refractivity contribution in [3.8, 4) is 0 Å². The molecule has 0 fully saturated rings. The summed E-state index contributed by atoms with van der Waals surface area (Å²) in [5.74, 6) is 0.427. The molecule has 0 aliphatic heterocycles. The highest BCUT2D eigenvalue weighted by molar-refractivity contribution is 5.47. The first-order valence-electron chi connectivity index (χ1n) is 14.3. The van der Waals surface area contributed by atoms with Crippen LogP contribution in [0.2, 0.25) is 0 Å². The lowest BCUT2D eigenvalue weighted by Crippen LogP contribution is -2.03. The van der Waals surface area contributed by atoms with E-state index in [1.807, 2.05) is 12.1 Å². The van der Waals surface area contributed by atoms with Gasteiger partial charge in [0, 0.05) is 17.3 Å². The minimum absolute atomic E-state index is 0.427. The molecule has 0 saturated heterocycles. The second-order valence-electron chi connectivity index (χ2n) is 11.0. The summed E-state index contributed by atoms with van der Waals surface area (Å²) in [5, 5.41) is 0. The van der Waals surface area contributed by atoms with Crippen LogP contribution in [0.1, 0.15) is 95.9 Å². The van der Waals surface area contributed by atoms with Crippen LogP contribution in [0.3, 0.4) is 0 Å². The molecule has 2 heteroatoms. The molecular weight excluding hydrogens is 460 g/mol. The van der Waals surface area contributed by atoms with E-state index in [0.717, 1.165) is 24.2 Å². The van der Waals surface area contributed by atoms with Crippen LogP contribution in [-0.2, 0) is 12.8 Å². The van der Waals surface area contributed by atoms with Gasteiger partial charge in [-0.15, -0.1) is 0 Å². The Kier molecular flexibility index (Phi) is 9.65. The van der Waals surface area contributed by atoms with Crippen molar-refractivity contribution in [2.75, 3.05) is 11.5 Å². The SMILES string of the molecule is CCCCCCCC(c1ccc(Cc2ccc(N)cc2C)cc1)c1ccc(Cc2ccc(N)cc2C)cc1. The fourth-order valence-electron chi connectivity index (χ4n) is 5.49. The van der Waals surface area contributed by atoms with Crippen LogP contribution in [0, 0.1) is 13.8 Å². The number of unbranched alkanes of at least 4 members (excludes halogenated alkanes) is 4. The van der Waals surface area contributed by atoms with Crippen LogP contribution >= 0.6 is 0 Å². The number of rotatable bonds is 12. The first-order valence-corrected chi connectivity index (χ1v) is 14.3. The van der Waals surface area contributed by atoms with Gasteiger partial charge in [0.2, 0.25) is 0 Å². The highest BCUT2D eigenvalue weighted by Crippen LogP contribution is 2.32. The fourth-order valence-corrected chi connectivity index (χ4v) is 5.49. The molecule has 0 unspecified atom stereocenters. The zero-order chi connectivity index (χ0) is 26.9. The van der Waals surface area contributed by atoms with E-state index >= 15 is 0 Å². The molecule has 0 aromatic heterocycles. The molecule has 0 aliphatic rings. The second kappa shape index (κ2) is 13.3. The van der Waals surface area contributed by atoms with Crippen molar-refractivity contribution < 1.29 is 0 Å². The van der Waals surface area contributed by atoms with Gasteiger partial charge in [0.15, 0.2) is 0 Å². The molecular formula is C36H44N2. The largest absolute Gasteiger partial charge is 0.399 e. The van der Waals surface area contributed by atoms with Gasteiger partial charge in [-0.25, -0.2) is 0 Å². The molecule has 38 heavy (non-hydrogen) atoms. The van der Waals surface area contributed by atoms with Gasteiger partial charge in [-0.1, -0.05) is 99.7 Å². The van der Waals surface area contributed by atoms with Crippen LogP contribution in [0.4, 0.5) is 11.4 Å². The predicted octanol–water partition coefficient (Wildman–Crippen LogP) is 9.14. The quantitative estimate of drug-likeness (QED) is 0.149. The predicted molar refractivity (Wildman–Crippen MR) is 165 cm³/mol.